The number of nitrogens with one attached hydrogen (secondary N) is 1. The highest BCUT2D eigenvalue weighted by atomic mass is 35.5. The normalized spacial score (nSPS) is 21.1. The maximum absolute atomic E-state index is 12.7. The van der Waals surface area contributed by atoms with Crippen molar-refractivity contribution in [2.45, 2.75) is 25.3 Å². The molecule has 2 amide bonds. The molecular weight excluding hydrogens is 330 g/mol. The molecular formula is C17H22ClN3O3. The van der Waals surface area contributed by atoms with E-state index in [-0.39, 0.29) is 29.0 Å². The monoisotopic (exact) mass is 351 g/mol. The number of hydrogen-bond donors (Lipinski definition) is 2. The number of aromatic hydroxyl groups is 1. The second-order valence-corrected chi connectivity index (χ2v) is 6.71. The molecule has 2 aliphatic heterocycles. The SMILES string of the molecule is O=C([C@H]1CNCCN1C(=O)Cc1ccc(O)c(Cl)c1)N1CCCC1. The fourth-order valence-electron chi connectivity index (χ4n) is 3.31. The predicted octanol–water partition coefficient (Wildman–Crippen LogP) is 1.01. The quantitative estimate of drug-likeness (QED) is 0.852. The third-order valence-electron chi connectivity index (χ3n) is 4.63. The van der Waals surface area contributed by atoms with Gasteiger partial charge in [0.1, 0.15) is 11.8 Å². The molecule has 6 nitrogen and oxygen atoms in total. The lowest BCUT2D eigenvalue weighted by Crippen LogP contribution is -2.60. The lowest BCUT2D eigenvalue weighted by Gasteiger charge is -2.37. The predicted molar refractivity (Wildman–Crippen MR) is 91.0 cm³/mol. The van der Waals surface area contributed by atoms with Gasteiger partial charge in [-0.05, 0) is 30.5 Å². The van der Waals surface area contributed by atoms with Crippen LogP contribution in [0.3, 0.4) is 0 Å². The van der Waals surface area contributed by atoms with E-state index in [4.69, 9.17) is 11.6 Å². The highest BCUT2D eigenvalue weighted by Gasteiger charge is 2.35. The Morgan fingerprint density at radius 3 is 2.71 bits per heavy atom. The maximum Gasteiger partial charge on any atom is 0.246 e. The first kappa shape index (κ1) is 17.0. The number of halogens is 1. The minimum Gasteiger partial charge on any atom is -0.506 e. The topological polar surface area (TPSA) is 72.9 Å². The van der Waals surface area contributed by atoms with Crippen molar-refractivity contribution in [3.63, 3.8) is 0 Å². The summed E-state index contributed by atoms with van der Waals surface area (Å²) in [5, 5.41) is 12.9. The van der Waals surface area contributed by atoms with Crippen LogP contribution in [-0.4, -0.2) is 65.5 Å². The zero-order valence-corrected chi connectivity index (χ0v) is 14.3. The van der Waals surface area contributed by atoms with E-state index in [9.17, 15) is 14.7 Å². The second-order valence-electron chi connectivity index (χ2n) is 6.30. The first-order valence-corrected chi connectivity index (χ1v) is 8.70. The number of likely N-dealkylation sites (tertiary alicyclic amines) is 1. The second kappa shape index (κ2) is 7.40. The highest BCUT2D eigenvalue weighted by Crippen LogP contribution is 2.24. The van der Waals surface area contributed by atoms with E-state index in [0.29, 0.717) is 19.6 Å². The van der Waals surface area contributed by atoms with E-state index in [1.807, 2.05) is 4.90 Å². The number of hydrogen-bond acceptors (Lipinski definition) is 4. The van der Waals surface area contributed by atoms with Gasteiger partial charge in [0.25, 0.3) is 0 Å². The molecule has 0 saturated carbocycles. The maximum atomic E-state index is 12.7. The molecule has 1 aromatic carbocycles. The van der Waals surface area contributed by atoms with Gasteiger partial charge in [0.05, 0.1) is 11.4 Å². The van der Waals surface area contributed by atoms with E-state index < -0.39 is 6.04 Å². The Morgan fingerprint density at radius 1 is 1.25 bits per heavy atom. The molecule has 2 heterocycles. The van der Waals surface area contributed by atoms with Crippen LogP contribution in [-0.2, 0) is 16.0 Å². The molecule has 130 valence electrons. The van der Waals surface area contributed by atoms with Crippen molar-refractivity contribution in [1.29, 1.82) is 0 Å². The Balaban J connectivity index is 1.70. The Bertz CT molecular complexity index is 632. The molecule has 0 bridgehead atoms. The van der Waals surface area contributed by atoms with Gasteiger partial charge in [-0.15, -0.1) is 0 Å². The summed E-state index contributed by atoms with van der Waals surface area (Å²) in [4.78, 5) is 29.0. The fourth-order valence-corrected chi connectivity index (χ4v) is 3.51. The van der Waals surface area contributed by atoms with Crippen molar-refractivity contribution in [2.75, 3.05) is 32.7 Å². The van der Waals surface area contributed by atoms with Gasteiger partial charge in [0.2, 0.25) is 11.8 Å². The average Bonchev–Trinajstić information content (AvgIpc) is 3.12. The van der Waals surface area contributed by atoms with Crippen molar-refractivity contribution in [3.8, 4) is 5.75 Å². The van der Waals surface area contributed by atoms with Gasteiger partial charge in [-0.3, -0.25) is 9.59 Å². The first-order valence-electron chi connectivity index (χ1n) is 8.32. The number of phenols is 1. The van der Waals surface area contributed by atoms with Crippen LogP contribution in [0.4, 0.5) is 0 Å². The van der Waals surface area contributed by atoms with Crippen molar-refractivity contribution < 1.29 is 14.7 Å². The van der Waals surface area contributed by atoms with Gasteiger partial charge in [-0.25, -0.2) is 0 Å². The zero-order chi connectivity index (χ0) is 17.1. The molecule has 0 spiro atoms. The molecule has 0 unspecified atom stereocenters. The first-order chi connectivity index (χ1) is 11.6. The summed E-state index contributed by atoms with van der Waals surface area (Å²) in [7, 11) is 0. The Morgan fingerprint density at radius 2 is 2.00 bits per heavy atom. The molecule has 1 atom stereocenters. The van der Waals surface area contributed by atoms with Crippen molar-refractivity contribution in [2.24, 2.45) is 0 Å². The number of nitrogens with zero attached hydrogens (tertiary/aromatic N) is 2. The average molecular weight is 352 g/mol. The van der Waals surface area contributed by atoms with E-state index >= 15 is 0 Å². The third-order valence-corrected chi connectivity index (χ3v) is 4.94. The van der Waals surface area contributed by atoms with Gasteiger partial charge >= 0.3 is 0 Å². The number of phenolic OH excluding ortho intramolecular Hbond substituents is 1. The summed E-state index contributed by atoms with van der Waals surface area (Å²) in [5.74, 6) is -0.0512. The van der Waals surface area contributed by atoms with Crippen LogP contribution in [0.1, 0.15) is 18.4 Å². The van der Waals surface area contributed by atoms with Gasteiger partial charge < -0.3 is 20.2 Å². The lowest BCUT2D eigenvalue weighted by molar-refractivity contribution is -0.145. The summed E-state index contributed by atoms with van der Waals surface area (Å²) in [6.07, 6.45) is 2.24. The minimum atomic E-state index is -0.433. The molecule has 2 saturated heterocycles. The molecule has 0 aromatic heterocycles. The fraction of sp³-hybridized carbons (Fsp3) is 0.529. The molecule has 2 fully saturated rings. The van der Waals surface area contributed by atoms with Gasteiger partial charge in [0, 0.05) is 32.7 Å². The molecule has 1 aromatic rings. The van der Waals surface area contributed by atoms with E-state index in [2.05, 4.69) is 5.32 Å². The summed E-state index contributed by atoms with van der Waals surface area (Å²) < 4.78 is 0. The van der Waals surface area contributed by atoms with Gasteiger partial charge in [0.15, 0.2) is 0 Å². The molecule has 7 heteroatoms. The number of carbonyl (C=O) groups is 2. The van der Waals surface area contributed by atoms with Crippen LogP contribution in [0.15, 0.2) is 18.2 Å². The van der Waals surface area contributed by atoms with Crippen LogP contribution in [0.25, 0.3) is 0 Å². The Labute approximate surface area is 146 Å². The molecule has 24 heavy (non-hydrogen) atoms. The number of piperazine rings is 1. The Kier molecular flexibility index (Phi) is 5.26. The van der Waals surface area contributed by atoms with Crippen LogP contribution in [0.2, 0.25) is 5.02 Å². The summed E-state index contributed by atoms with van der Waals surface area (Å²) in [5.41, 5.74) is 0.730. The van der Waals surface area contributed by atoms with Gasteiger partial charge in [-0.2, -0.15) is 0 Å². The van der Waals surface area contributed by atoms with Crippen LogP contribution in [0.5, 0.6) is 5.75 Å². The third kappa shape index (κ3) is 3.65. The standard InChI is InChI=1S/C17H22ClN3O3/c18-13-9-12(3-4-15(13)22)10-16(23)21-8-5-19-11-14(21)17(24)20-6-1-2-7-20/h3-4,9,14,19,22H,1-2,5-8,10-11H2/t14-/m1/s1. The van der Waals surface area contributed by atoms with Crippen LogP contribution < -0.4 is 5.32 Å². The Hall–Kier alpha value is -1.79. The largest absolute Gasteiger partial charge is 0.506 e. The summed E-state index contributed by atoms with van der Waals surface area (Å²) in [6.45, 7) is 3.27. The molecule has 0 radical (unpaired) electrons. The molecule has 0 aliphatic carbocycles. The van der Waals surface area contributed by atoms with E-state index in [1.54, 1.807) is 17.0 Å². The molecule has 3 rings (SSSR count). The van der Waals surface area contributed by atoms with Crippen LogP contribution in [0, 0.1) is 0 Å². The number of rotatable bonds is 3. The minimum absolute atomic E-state index is 0.00266. The molecule has 2 N–H and O–H groups in total. The van der Waals surface area contributed by atoms with Crippen molar-refractivity contribution in [1.82, 2.24) is 15.1 Å². The van der Waals surface area contributed by atoms with E-state index in [0.717, 1.165) is 31.5 Å². The lowest BCUT2D eigenvalue weighted by atomic mass is 10.1. The van der Waals surface area contributed by atoms with Gasteiger partial charge in [-0.1, -0.05) is 17.7 Å². The zero-order valence-electron chi connectivity index (χ0n) is 13.5. The number of amides is 2. The van der Waals surface area contributed by atoms with Crippen LogP contribution >= 0.6 is 11.6 Å². The number of carbonyl (C=O) groups excluding carboxylic acids is 2. The highest BCUT2D eigenvalue weighted by molar-refractivity contribution is 6.32. The smallest absolute Gasteiger partial charge is 0.246 e. The number of benzene rings is 1. The van der Waals surface area contributed by atoms with Crippen molar-refractivity contribution >= 4 is 23.4 Å². The molecule has 2 aliphatic rings. The summed E-state index contributed by atoms with van der Waals surface area (Å²) >= 11 is 5.90. The van der Waals surface area contributed by atoms with E-state index in [1.165, 1.54) is 6.07 Å². The summed E-state index contributed by atoms with van der Waals surface area (Å²) in [6, 6.07) is 4.32. The van der Waals surface area contributed by atoms with Crippen molar-refractivity contribution in [3.05, 3.63) is 28.8 Å².